The molecule has 1 aliphatic heterocycles. The van der Waals surface area contributed by atoms with Crippen LogP contribution in [0, 0.1) is 11.3 Å². The number of amides is 2. The first kappa shape index (κ1) is 17.0. The molecule has 1 heterocycles. The zero-order chi connectivity index (χ0) is 15.5. The number of hydrogen-bond acceptors (Lipinski definition) is 2. The molecule has 20 heavy (non-hydrogen) atoms. The molecule has 0 radical (unpaired) electrons. The largest absolute Gasteiger partial charge is 0.344 e. The Morgan fingerprint density at radius 1 is 1.30 bits per heavy atom. The molecule has 1 fully saturated rings. The normalized spacial score (nSPS) is 24.9. The Labute approximate surface area is 123 Å². The zero-order valence-corrected chi connectivity index (χ0v) is 13.8. The molecule has 1 aliphatic rings. The van der Waals surface area contributed by atoms with E-state index in [-0.39, 0.29) is 23.3 Å². The maximum atomic E-state index is 12.7. The molecule has 1 rings (SSSR count). The van der Waals surface area contributed by atoms with Crippen LogP contribution in [0.15, 0.2) is 0 Å². The van der Waals surface area contributed by atoms with Crippen molar-refractivity contribution >= 4 is 11.8 Å². The number of rotatable bonds is 4. The van der Waals surface area contributed by atoms with Gasteiger partial charge < -0.3 is 10.2 Å². The molecule has 2 atom stereocenters. The smallest absolute Gasteiger partial charge is 0.245 e. The van der Waals surface area contributed by atoms with Crippen molar-refractivity contribution in [2.75, 3.05) is 6.54 Å². The molecule has 0 bridgehead atoms. The molecule has 1 saturated heterocycles. The van der Waals surface area contributed by atoms with E-state index in [9.17, 15) is 9.59 Å². The number of hydrogen-bond donors (Lipinski definition) is 1. The van der Waals surface area contributed by atoms with E-state index in [4.69, 9.17) is 0 Å². The standard InChI is InChI=1S/C16H30N2O2/c1-11(2)8-7-9-18-12(3)10-13(19)17-14(15(18)20)16(4,5)6/h11-12,14H,7-10H2,1-6H3,(H,17,19). The zero-order valence-electron chi connectivity index (χ0n) is 13.8. The predicted octanol–water partition coefficient (Wildman–Crippen LogP) is 2.57. The highest BCUT2D eigenvalue weighted by Crippen LogP contribution is 2.25. The summed E-state index contributed by atoms with van der Waals surface area (Å²) in [4.78, 5) is 26.6. The van der Waals surface area contributed by atoms with Gasteiger partial charge in [0.1, 0.15) is 6.04 Å². The summed E-state index contributed by atoms with van der Waals surface area (Å²) >= 11 is 0. The van der Waals surface area contributed by atoms with Crippen LogP contribution in [0.2, 0.25) is 0 Å². The molecule has 0 saturated carbocycles. The van der Waals surface area contributed by atoms with Crippen molar-refractivity contribution in [2.45, 2.75) is 72.9 Å². The van der Waals surface area contributed by atoms with Crippen molar-refractivity contribution in [1.29, 1.82) is 0 Å². The molecule has 0 aromatic carbocycles. The Hall–Kier alpha value is -1.06. The van der Waals surface area contributed by atoms with Gasteiger partial charge >= 0.3 is 0 Å². The minimum absolute atomic E-state index is 0.0120. The Bertz CT molecular complexity index is 358. The van der Waals surface area contributed by atoms with Crippen LogP contribution in [0.1, 0.15) is 60.8 Å². The first-order valence-corrected chi connectivity index (χ1v) is 7.72. The van der Waals surface area contributed by atoms with Crippen LogP contribution >= 0.6 is 0 Å². The van der Waals surface area contributed by atoms with Crippen molar-refractivity contribution in [3.63, 3.8) is 0 Å². The number of nitrogens with zero attached hydrogens (tertiary/aromatic N) is 1. The second kappa shape index (κ2) is 6.59. The van der Waals surface area contributed by atoms with Gasteiger partial charge in [-0.1, -0.05) is 34.6 Å². The van der Waals surface area contributed by atoms with E-state index in [2.05, 4.69) is 19.2 Å². The molecule has 2 amide bonds. The van der Waals surface area contributed by atoms with Crippen LogP contribution in [0.25, 0.3) is 0 Å². The summed E-state index contributed by atoms with van der Waals surface area (Å²) in [6.07, 6.45) is 2.51. The van der Waals surface area contributed by atoms with Crippen molar-refractivity contribution in [3.05, 3.63) is 0 Å². The van der Waals surface area contributed by atoms with E-state index in [0.717, 1.165) is 19.4 Å². The fraction of sp³-hybridized carbons (Fsp3) is 0.875. The second-order valence-corrected chi connectivity index (χ2v) is 7.49. The number of nitrogens with one attached hydrogen (secondary N) is 1. The molecule has 4 nitrogen and oxygen atoms in total. The summed E-state index contributed by atoms with van der Waals surface area (Å²) in [5, 5.41) is 2.90. The molecular weight excluding hydrogens is 252 g/mol. The lowest BCUT2D eigenvalue weighted by Gasteiger charge is -2.34. The molecule has 2 unspecified atom stereocenters. The SMILES string of the molecule is CC(C)CCCN1C(=O)C(C(C)(C)C)NC(=O)CC1C. The highest BCUT2D eigenvalue weighted by molar-refractivity contribution is 5.91. The van der Waals surface area contributed by atoms with Gasteiger partial charge in [-0.15, -0.1) is 0 Å². The van der Waals surface area contributed by atoms with Gasteiger partial charge in [-0.25, -0.2) is 0 Å². The lowest BCUT2D eigenvalue weighted by atomic mass is 9.86. The average molecular weight is 282 g/mol. The minimum Gasteiger partial charge on any atom is -0.344 e. The van der Waals surface area contributed by atoms with Gasteiger partial charge in [0.2, 0.25) is 11.8 Å². The molecular formula is C16H30N2O2. The molecule has 1 N–H and O–H groups in total. The lowest BCUT2D eigenvalue weighted by Crippen LogP contribution is -2.52. The van der Waals surface area contributed by atoms with Crippen molar-refractivity contribution in [3.8, 4) is 0 Å². The fourth-order valence-corrected chi connectivity index (χ4v) is 2.63. The summed E-state index contributed by atoms with van der Waals surface area (Å²) in [6.45, 7) is 13.1. The van der Waals surface area contributed by atoms with Crippen LogP contribution in [-0.2, 0) is 9.59 Å². The minimum atomic E-state index is -0.418. The van der Waals surface area contributed by atoms with Crippen LogP contribution < -0.4 is 5.32 Å². The third kappa shape index (κ3) is 4.50. The highest BCUT2D eigenvalue weighted by Gasteiger charge is 2.39. The first-order valence-electron chi connectivity index (χ1n) is 7.72. The molecule has 4 heteroatoms. The number of carbonyl (C=O) groups is 2. The van der Waals surface area contributed by atoms with Crippen LogP contribution in [0.4, 0.5) is 0 Å². The molecule has 0 aromatic heterocycles. The van der Waals surface area contributed by atoms with Gasteiger partial charge in [0, 0.05) is 19.0 Å². The molecule has 0 aromatic rings. The van der Waals surface area contributed by atoms with Gasteiger partial charge in [0.05, 0.1) is 0 Å². The third-order valence-corrected chi connectivity index (χ3v) is 3.89. The summed E-state index contributed by atoms with van der Waals surface area (Å²) in [5.41, 5.74) is -0.257. The van der Waals surface area contributed by atoms with E-state index < -0.39 is 6.04 Å². The summed E-state index contributed by atoms with van der Waals surface area (Å²) in [5.74, 6) is 0.697. The van der Waals surface area contributed by atoms with Gasteiger partial charge in [0.15, 0.2) is 0 Å². The summed E-state index contributed by atoms with van der Waals surface area (Å²) in [7, 11) is 0. The predicted molar refractivity (Wildman–Crippen MR) is 81.2 cm³/mol. The van der Waals surface area contributed by atoms with E-state index in [1.54, 1.807) is 0 Å². The maximum absolute atomic E-state index is 12.7. The van der Waals surface area contributed by atoms with E-state index >= 15 is 0 Å². The van der Waals surface area contributed by atoms with Crippen LogP contribution in [-0.4, -0.2) is 35.3 Å². The Morgan fingerprint density at radius 2 is 1.90 bits per heavy atom. The van der Waals surface area contributed by atoms with Gasteiger partial charge in [0.25, 0.3) is 0 Å². The van der Waals surface area contributed by atoms with Crippen molar-refractivity contribution < 1.29 is 9.59 Å². The summed E-state index contributed by atoms with van der Waals surface area (Å²) in [6, 6.07) is -0.430. The van der Waals surface area contributed by atoms with Crippen molar-refractivity contribution in [1.82, 2.24) is 10.2 Å². The summed E-state index contributed by atoms with van der Waals surface area (Å²) < 4.78 is 0. The van der Waals surface area contributed by atoms with E-state index in [1.807, 2.05) is 32.6 Å². The average Bonchev–Trinajstić information content (AvgIpc) is 2.38. The maximum Gasteiger partial charge on any atom is 0.245 e. The second-order valence-electron chi connectivity index (χ2n) is 7.49. The quantitative estimate of drug-likeness (QED) is 0.861. The molecule has 0 spiro atoms. The lowest BCUT2D eigenvalue weighted by molar-refractivity contribution is -0.137. The first-order chi connectivity index (χ1) is 9.12. The fourth-order valence-electron chi connectivity index (χ4n) is 2.63. The van der Waals surface area contributed by atoms with Gasteiger partial charge in [-0.05, 0) is 31.1 Å². The monoisotopic (exact) mass is 282 g/mol. The Balaban J connectivity index is 2.83. The van der Waals surface area contributed by atoms with E-state index in [0.29, 0.717) is 12.3 Å². The Kier molecular flexibility index (Phi) is 5.60. The molecule has 0 aliphatic carbocycles. The van der Waals surface area contributed by atoms with Gasteiger partial charge in [-0.2, -0.15) is 0 Å². The van der Waals surface area contributed by atoms with Gasteiger partial charge in [-0.3, -0.25) is 9.59 Å². The number of carbonyl (C=O) groups excluding carboxylic acids is 2. The topological polar surface area (TPSA) is 49.4 Å². The molecule has 116 valence electrons. The van der Waals surface area contributed by atoms with Crippen LogP contribution in [0.3, 0.4) is 0 Å². The third-order valence-electron chi connectivity index (χ3n) is 3.89. The van der Waals surface area contributed by atoms with Crippen LogP contribution in [0.5, 0.6) is 0 Å². The highest BCUT2D eigenvalue weighted by atomic mass is 16.2. The van der Waals surface area contributed by atoms with E-state index in [1.165, 1.54) is 0 Å². The Morgan fingerprint density at radius 3 is 2.40 bits per heavy atom. The van der Waals surface area contributed by atoms with Crippen molar-refractivity contribution in [2.24, 2.45) is 11.3 Å².